The number of aliphatic hydroxyl groups excluding tert-OH is 1. The number of likely N-dealkylation sites (N-methyl/N-ethyl adjacent to an activating group) is 1. The molecule has 0 bridgehead atoms. The van der Waals surface area contributed by atoms with Gasteiger partial charge in [-0.25, -0.2) is 9.78 Å². The van der Waals surface area contributed by atoms with E-state index in [0.717, 1.165) is 25.7 Å². The molecule has 0 saturated heterocycles. The fourth-order valence-corrected chi connectivity index (χ4v) is 2.70. The van der Waals surface area contributed by atoms with Gasteiger partial charge in [-0.15, -0.1) is 0 Å². The molecule has 1 heterocycles. The quantitative estimate of drug-likeness (QED) is 0.832. The van der Waals surface area contributed by atoms with E-state index in [-0.39, 0.29) is 16.8 Å². The zero-order valence-electron chi connectivity index (χ0n) is 10.7. The van der Waals surface area contributed by atoms with E-state index in [1.807, 2.05) is 11.9 Å². The maximum atomic E-state index is 11.0. The number of aromatic carboxylic acids is 1. The first-order valence-electron chi connectivity index (χ1n) is 6.31. The normalized spacial score (nSPS) is 23.1. The number of aliphatic hydroxyl groups is 1. The number of hydrogen-bond donors (Lipinski definition) is 2. The lowest BCUT2D eigenvalue weighted by Gasteiger charge is -2.36. The van der Waals surface area contributed by atoms with Crippen molar-refractivity contribution in [1.29, 1.82) is 0 Å². The molecule has 2 unspecified atom stereocenters. The minimum Gasteiger partial charge on any atom is -0.478 e. The van der Waals surface area contributed by atoms with E-state index in [2.05, 4.69) is 4.98 Å². The molecule has 0 amide bonds. The highest BCUT2D eigenvalue weighted by atomic mass is 35.5. The number of pyridine rings is 1. The molecule has 1 saturated carbocycles. The van der Waals surface area contributed by atoms with E-state index in [4.69, 9.17) is 16.7 Å². The second-order valence-corrected chi connectivity index (χ2v) is 5.26. The number of carboxylic acid groups (broad SMARTS) is 1. The number of halogens is 1. The third kappa shape index (κ3) is 3.16. The van der Waals surface area contributed by atoms with Gasteiger partial charge in [0.2, 0.25) is 0 Å². The van der Waals surface area contributed by atoms with Gasteiger partial charge < -0.3 is 15.1 Å². The highest BCUT2D eigenvalue weighted by Crippen LogP contribution is 2.27. The van der Waals surface area contributed by atoms with E-state index in [9.17, 15) is 9.90 Å². The smallest absolute Gasteiger partial charge is 0.335 e. The molecule has 0 spiro atoms. The van der Waals surface area contributed by atoms with Crippen LogP contribution in [0.2, 0.25) is 5.15 Å². The van der Waals surface area contributed by atoms with Crippen LogP contribution in [0.4, 0.5) is 5.82 Å². The molecule has 6 heteroatoms. The van der Waals surface area contributed by atoms with Gasteiger partial charge in [-0.3, -0.25) is 0 Å². The lowest BCUT2D eigenvalue weighted by molar-refractivity contribution is 0.0697. The molecule has 0 aliphatic heterocycles. The molecular formula is C13H17ClN2O3. The summed E-state index contributed by atoms with van der Waals surface area (Å²) < 4.78 is 0. The van der Waals surface area contributed by atoms with E-state index in [1.54, 1.807) is 0 Å². The number of aromatic nitrogens is 1. The fourth-order valence-electron chi connectivity index (χ4n) is 2.50. The fraction of sp³-hybridized carbons (Fsp3) is 0.538. The van der Waals surface area contributed by atoms with Gasteiger partial charge in [-0.05, 0) is 25.0 Å². The van der Waals surface area contributed by atoms with Gasteiger partial charge in [0, 0.05) is 7.05 Å². The number of anilines is 1. The lowest BCUT2D eigenvalue weighted by atomic mass is 9.91. The Morgan fingerprint density at radius 2 is 2.11 bits per heavy atom. The Kier molecular flexibility index (Phi) is 4.27. The summed E-state index contributed by atoms with van der Waals surface area (Å²) in [6.45, 7) is 0. The summed E-state index contributed by atoms with van der Waals surface area (Å²) in [6, 6.07) is 2.76. The second kappa shape index (κ2) is 5.75. The first-order chi connectivity index (χ1) is 8.99. The standard InChI is InChI=1S/C13H17ClN2O3/c1-16(9-4-2-3-5-10(9)17)12-7-8(13(18)19)6-11(14)15-12/h6-7,9-10,17H,2-5H2,1H3,(H,18,19). The van der Waals surface area contributed by atoms with Crippen LogP contribution in [0, 0.1) is 0 Å². The lowest BCUT2D eigenvalue weighted by Crippen LogP contribution is -2.43. The second-order valence-electron chi connectivity index (χ2n) is 4.87. The Balaban J connectivity index is 2.27. The van der Waals surface area contributed by atoms with E-state index in [0.29, 0.717) is 5.82 Å². The van der Waals surface area contributed by atoms with Crippen molar-refractivity contribution in [3.8, 4) is 0 Å². The molecule has 2 N–H and O–H groups in total. The molecule has 1 aromatic rings. The Labute approximate surface area is 116 Å². The van der Waals surface area contributed by atoms with E-state index < -0.39 is 12.1 Å². The Morgan fingerprint density at radius 3 is 2.74 bits per heavy atom. The van der Waals surface area contributed by atoms with Crippen molar-refractivity contribution in [3.05, 3.63) is 22.8 Å². The molecule has 1 fully saturated rings. The molecule has 0 aromatic carbocycles. The van der Waals surface area contributed by atoms with Crippen LogP contribution in [0.3, 0.4) is 0 Å². The maximum absolute atomic E-state index is 11.0. The highest BCUT2D eigenvalue weighted by Gasteiger charge is 2.27. The average molecular weight is 285 g/mol. The van der Waals surface area contributed by atoms with Gasteiger partial charge in [-0.2, -0.15) is 0 Å². The number of carboxylic acids is 1. The van der Waals surface area contributed by atoms with Crippen LogP contribution in [0.1, 0.15) is 36.0 Å². The average Bonchev–Trinajstić information content (AvgIpc) is 2.37. The predicted molar refractivity (Wildman–Crippen MR) is 72.9 cm³/mol. The van der Waals surface area contributed by atoms with Crippen LogP contribution in [0.15, 0.2) is 12.1 Å². The Morgan fingerprint density at radius 1 is 1.42 bits per heavy atom. The molecule has 1 aliphatic carbocycles. The molecule has 2 atom stereocenters. The summed E-state index contributed by atoms with van der Waals surface area (Å²) in [6.07, 6.45) is 3.30. The van der Waals surface area contributed by atoms with Crippen molar-refractivity contribution in [1.82, 2.24) is 4.98 Å². The summed E-state index contributed by atoms with van der Waals surface area (Å²) in [5, 5.41) is 19.2. The Bertz CT molecular complexity index is 481. The first-order valence-corrected chi connectivity index (χ1v) is 6.68. The van der Waals surface area contributed by atoms with Gasteiger partial charge in [0.05, 0.1) is 17.7 Å². The molecule has 1 aliphatic rings. The third-order valence-corrected chi connectivity index (χ3v) is 3.77. The van der Waals surface area contributed by atoms with Gasteiger partial charge in [0.1, 0.15) is 11.0 Å². The van der Waals surface area contributed by atoms with Crippen molar-refractivity contribution in [2.24, 2.45) is 0 Å². The van der Waals surface area contributed by atoms with Crippen molar-refractivity contribution in [2.75, 3.05) is 11.9 Å². The molecule has 2 rings (SSSR count). The summed E-state index contributed by atoms with van der Waals surface area (Å²) >= 11 is 5.85. The highest BCUT2D eigenvalue weighted by molar-refractivity contribution is 6.29. The zero-order valence-corrected chi connectivity index (χ0v) is 11.5. The minimum atomic E-state index is -1.04. The largest absolute Gasteiger partial charge is 0.478 e. The maximum Gasteiger partial charge on any atom is 0.335 e. The van der Waals surface area contributed by atoms with Crippen LogP contribution >= 0.6 is 11.6 Å². The van der Waals surface area contributed by atoms with E-state index in [1.165, 1.54) is 12.1 Å². The van der Waals surface area contributed by atoms with Crippen LogP contribution in [-0.4, -0.2) is 40.4 Å². The van der Waals surface area contributed by atoms with Gasteiger partial charge in [-0.1, -0.05) is 24.4 Å². The van der Waals surface area contributed by atoms with E-state index >= 15 is 0 Å². The topological polar surface area (TPSA) is 73.7 Å². The van der Waals surface area contributed by atoms with Crippen LogP contribution in [-0.2, 0) is 0 Å². The molecule has 5 nitrogen and oxygen atoms in total. The molecule has 104 valence electrons. The van der Waals surface area contributed by atoms with Crippen LogP contribution in [0.25, 0.3) is 0 Å². The van der Waals surface area contributed by atoms with Crippen LogP contribution in [0.5, 0.6) is 0 Å². The SMILES string of the molecule is CN(c1cc(C(=O)O)cc(Cl)n1)C1CCCCC1O. The number of carbonyl (C=O) groups is 1. The summed E-state index contributed by atoms with van der Waals surface area (Å²) in [7, 11) is 1.81. The summed E-state index contributed by atoms with van der Waals surface area (Å²) in [5.41, 5.74) is 0.104. The van der Waals surface area contributed by atoms with Gasteiger partial charge in [0.15, 0.2) is 0 Å². The first kappa shape index (κ1) is 14.1. The van der Waals surface area contributed by atoms with Crippen molar-refractivity contribution < 1.29 is 15.0 Å². The third-order valence-electron chi connectivity index (χ3n) is 3.58. The summed E-state index contributed by atoms with van der Waals surface area (Å²) in [5.74, 6) is -0.556. The van der Waals surface area contributed by atoms with Gasteiger partial charge in [0.25, 0.3) is 0 Å². The minimum absolute atomic E-state index is 0.0404. The zero-order chi connectivity index (χ0) is 14.0. The predicted octanol–water partition coefficient (Wildman–Crippen LogP) is 2.17. The van der Waals surface area contributed by atoms with Crippen molar-refractivity contribution in [2.45, 2.75) is 37.8 Å². The van der Waals surface area contributed by atoms with Crippen molar-refractivity contribution >= 4 is 23.4 Å². The number of hydrogen-bond acceptors (Lipinski definition) is 4. The van der Waals surface area contributed by atoms with Crippen LogP contribution < -0.4 is 4.90 Å². The molecular weight excluding hydrogens is 268 g/mol. The molecule has 19 heavy (non-hydrogen) atoms. The number of nitrogens with zero attached hydrogens (tertiary/aromatic N) is 2. The molecule has 0 radical (unpaired) electrons. The Hall–Kier alpha value is -1.33. The molecule has 1 aromatic heterocycles. The van der Waals surface area contributed by atoms with Crippen molar-refractivity contribution in [3.63, 3.8) is 0 Å². The number of rotatable bonds is 3. The summed E-state index contributed by atoms with van der Waals surface area (Å²) in [4.78, 5) is 17.0. The monoisotopic (exact) mass is 284 g/mol. The van der Waals surface area contributed by atoms with Gasteiger partial charge >= 0.3 is 5.97 Å².